The molecule has 3 aromatic rings. The standard InChI is InChI=1S/C26H24N2O6/c1-6-19-22(30-3)13-18(14-23(19)31-4)20-11-12-21(34-20)24(29)25(32-5)16-7-9-17(10-8-16)26-28-27-15(2)33-26/h1,7-14,19,22,25H,2-5H3. The zero-order valence-electron chi connectivity index (χ0n) is 19.3. The highest BCUT2D eigenvalue weighted by Crippen LogP contribution is 2.33. The van der Waals surface area contributed by atoms with Gasteiger partial charge in [0.25, 0.3) is 0 Å². The van der Waals surface area contributed by atoms with Crippen molar-refractivity contribution in [1.82, 2.24) is 10.2 Å². The molecular formula is C26H24N2O6. The van der Waals surface area contributed by atoms with Crippen LogP contribution in [0.4, 0.5) is 0 Å². The fourth-order valence-corrected chi connectivity index (χ4v) is 3.81. The average molecular weight is 460 g/mol. The number of nitrogens with zero attached hydrogens (tertiary/aromatic N) is 2. The van der Waals surface area contributed by atoms with Gasteiger partial charge in [-0.05, 0) is 42.0 Å². The Morgan fingerprint density at radius 1 is 1.09 bits per heavy atom. The molecular weight excluding hydrogens is 436 g/mol. The number of allylic oxidation sites excluding steroid dienone is 2. The number of rotatable bonds is 8. The quantitative estimate of drug-likeness (QED) is 0.360. The summed E-state index contributed by atoms with van der Waals surface area (Å²) in [5.41, 5.74) is 2.12. The molecule has 1 aliphatic carbocycles. The van der Waals surface area contributed by atoms with Crippen LogP contribution in [0.2, 0.25) is 0 Å². The fraction of sp³-hybridized carbons (Fsp3) is 0.269. The summed E-state index contributed by atoms with van der Waals surface area (Å²) >= 11 is 0. The van der Waals surface area contributed by atoms with Gasteiger partial charge in [-0.2, -0.15) is 0 Å². The van der Waals surface area contributed by atoms with Crippen molar-refractivity contribution in [3.63, 3.8) is 0 Å². The van der Waals surface area contributed by atoms with E-state index < -0.39 is 6.10 Å². The number of benzene rings is 1. The van der Waals surface area contributed by atoms with Gasteiger partial charge in [0.2, 0.25) is 17.6 Å². The molecule has 1 aromatic carbocycles. The van der Waals surface area contributed by atoms with Crippen LogP contribution in [0.25, 0.3) is 17.0 Å². The number of carbonyl (C=O) groups excluding carboxylic acids is 1. The molecule has 174 valence electrons. The van der Waals surface area contributed by atoms with Crippen LogP contribution in [-0.2, 0) is 14.2 Å². The van der Waals surface area contributed by atoms with Crippen molar-refractivity contribution in [2.24, 2.45) is 5.92 Å². The van der Waals surface area contributed by atoms with Crippen molar-refractivity contribution in [3.05, 3.63) is 77.3 Å². The van der Waals surface area contributed by atoms with E-state index in [2.05, 4.69) is 16.1 Å². The summed E-state index contributed by atoms with van der Waals surface area (Å²) in [6.45, 7) is 1.72. The second kappa shape index (κ2) is 9.91. The first-order valence-electron chi connectivity index (χ1n) is 10.5. The summed E-state index contributed by atoms with van der Waals surface area (Å²) in [6.07, 6.45) is 8.06. The molecule has 0 radical (unpaired) electrons. The number of hydrogen-bond acceptors (Lipinski definition) is 8. The molecule has 8 nitrogen and oxygen atoms in total. The molecule has 0 saturated carbocycles. The summed E-state index contributed by atoms with van der Waals surface area (Å²) in [4.78, 5) is 13.2. The lowest BCUT2D eigenvalue weighted by atomic mass is 9.91. The third kappa shape index (κ3) is 4.44. The van der Waals surface area contributed by atoms with Gasteiger partial charge >= 0.3 is 0 Å². The molecule has 34 heavy (non-hydrogen) atoms. The Morgan fingerprint density at radius 2 is 1.85 bits per heavy atom. The van der Waals surface area contributed by atoms with Crippen molar-refractivity contribution in [2.45, 2.75) is 19.1 Å². The zero-order chi connectivity index (χ0) is 24.2. The molecule has 2 heterocycles. The number of hydrogen-bond donors (Lipinski definition) is 0. The van der Waals surface area contributed by atoms with Crippen molar-refractivity contribution < 1.29 is 27.8 Å². The van der Waals surface area contributed by atoms with Crippen LogP contribution in [0.5, 0.6) is 0 Å². The van der Waals surface area contributed by atoms with Crippen molar-refractivity contribution >= 4 is 11.4 Å². The molecule has 3 unspecified atom stereocenters. The first-order chi connectivity index (χ1) is 16.5. The van der Waals surface area contributed by atoms with Crippen molar-refractivity contribution in [3.8, 4) is 23.8 Å². The zero-order valence-corrected chi connectivity index (χ0v) is 19.3. The molecule has 2 aromatic heterocycles. The van der Waals surface area contributed by atoms with Gasteiger partial charge in [0.1, 0.15) is 23.5 Å². The Hall–Kier alpha value is -3.93. The molecule has 0 N–H and O–H groups in total. The topological polar surface area (TPSA) is 96.8 Å². The largest absolute Gasteiger partial charge is 0.500 e. The second-order valence-electron chi connectivity index (χ2n) is 7.61. The van der Waals surface area contributed by atoms with E-state index in [0.717, 1.165) is 5.56 Å². The van der Waals surface area contributed by atoms with Gasteiger partial charge in [0.05, 0.1) is 13.2 Å². The van der Waals surface area contributed by atoms with Gasteiger partial charge < -0.3 is 23.0 Å². The smallest absolute Gasteiger partial charge is 0.247 e. The fourth-order valence-electron chi connectivity index (χ4n) is 3.81. The Balaban J connectivity index is 1.57. The monoisotopic (exact) mass is 460 g/mol. The summed E-state index contributed by atoms with van der Waals surface area (Å²) in [6, 6.07) is 10.5. The molecule has 8 heteroatoms. The normalized spacial score (nSPS) is 18.6. The first-order valence-corrected chi connectivity index (χ1v) is 10.5. The minimum Gasteiger partial charge on any atom is -0.500 e. The van der Waals surface area contributed by atoms with Gasteiger partial charge in [-0.25, -0.2) is 0 Å². The number of ether oxygens (including phenoxy) is 3. The van der Waals surface area contributed by atoms with E-state index in [4.69, 9.17) is 29.5 Å². The van der Waals surface area contributed by atoms with Gasteiger partial charge in [-0.15, -0.1) is 16.6 Å². The molecule has 0 fully saturated rings. The van der Waals surface area contributed by atoms with E-state index in [0.29, 0.717) is 34.4 Å². The van der Waals surface area contributed by atoms with Gasteiger partial charge in [-0.3, -0.25) is 4.79 Å². The Bertz CT molecular complexity index is 1280. The first kappa shape index (κ1) is 23.2. The lowest BCUT2D eigenvalue weighted by Crippen LogP contribution is -2.25. The third-order valence-corrected chi connectivity index (χ3v) is 5.56. The SMILES string of the molecule is C#CC1C(OC)=CC(c2ccc(C(=O)C(OC)c3ccc(-c4nnc(C)o4)cc3)o2)=CC1OC. The van der Waals surface area contributed by atoms with Gasteiger partial charge in [0.15, 0.2) is 5.76 Å². The van der Waals surface area contributed by atoms with Crippen LogP contribution in [0.3, 0.4) is 0 Å². The van der Waals surface area contributed by atoms with Gasteiger partial charge in [-0.1, -0.05) is 18.1 Å². The predicted octanol–water partition coefficient (Wildman–Crippen LogP) is 4.40. The lowest BCUT2D eigenvalue weighted by molar-refractivity contribution is 0.0576. The van der Waals surface area contributed by atoms with Crippen LogP contribution in [0.1, 0.15) is 33.9 Å². The molecule has 1 aliphatic rings. The number of methoxy groups -OCH3 is 3. The number of terminal acetylenes is 1. The van der Waals surface area contributed by atoms with Crippen LogP contribution >= 0.6 is 0 Å². The van der Waals surface area contributed by atoms with E-state index in [1.807, 2.05) is 6.08 Å². The predicted molar refractivity (Wildman–Crippen MR) is 123 cm³/mol. The summed E-state index contributed by atoms with van der Waals surface area (Å²) in [7, 11) is 4.60. The number of aromatic nitrogens is 2. The summed E-state index contributed by atoms with van der Waals surface area (Å²) in [5.74, 6) is 4.16. The third-order valence-electron chi connectivity index (χ3n) is 5.56. The molecule has 0 aliphatic heterocycles. The lowest BCUT2D eigenvalue weighted by Gasteiger charge is -2.25. The maximum atomic E-state index is 13.2. The van der Waals surface area contributed by atoms with Crippen LogP contribution in [0, 0.1) is 25.2 Å². The molecule has 0 saturated heterocycles. The Kier molecular flexibility index (Phi) is 6.77. The molecule has 3 atom stereocenters. The number of furan rings is 1. The highest BCUT2D eigenvalue weighted by Gasteiger charge is 2.30. The van der Waals surface area contributed by atoms with Crippen LogP contribution in [0.15, 0.2) is 63.1 Å². The molecule has 0 bridgehead atoms. The van der Waals surface area contributed by atoms with Crippen LogP contribution < -0.4 is 0 Å². The molecule has 0 spiro atoms. The maximum absolute atomic E-state index is 13.2. The Morgan fingerprint density at radius 3 is 2.44 bits per heavy atom. The van der Waals surface area contributed by atoms with Crippen molar-refractivity contribution in [2.75, 3.05) is 21.3 Å². The number of ketones is 1. The molecule has 0 amide bonds. The van der Waals surface area contributed by atoms with E-state index in [9.17, 15) is 4.79 Å². The van der Waals surface area contributed by atoms with Crippen molar-refractivity contribution in [1.29, 1.82) is 0 Å². The minimum atomic E-state index is -0.847. The van der Waals surface area contributed by atoms with E-state index >= 15 is 0 Å². The minimum absolute atomic E-state index is 0.166. The highest BCUT2D eigenvalue weighted by molar-refractivity contribution is 5.98. The average Bonchev–Trinajstić information content (AvgIpc) is 3.53. The molecule has 4 rings (SSSR count). The van der Waals surface area contributed by atoms with Gasteiger partial charge in [0, 0.05) is 32.3 Å². The number of carbonyl (C=O) groups is 1. The summed E-state index contributed by atoms with van der Waals surface area (Å²) < 4.78 is 27.8. The summed E-state index contributed by atoms with van der Waals surface area (Å²) in [5, 5.41) is 7.84. The Labute approximate surface area is 197 Å². The number of aryl methyl sites for hydroxylation is 1. The van der Waals surface area contributed by atoms with Crippen LogP contribution in [-0.4, -0.2) is 43.4 Å². The maximum Gasteiger partial charge on any atom is 0.247 e. The highest BCUT2D eigenvalue weighted by atomic mass is 16.5. The van der Waals surface area contributed by atoms with E-state index in [1.165, 1.54) is 7.11 Å². The second-order valence-corrected chi connectivity index (χ2v) is 7.61. The van der Waals surface area contributed by atoms with E-state index in [-0.39, 0.29) is 23.6 Å². The van der Waals surface area contributed by atoms with E-state index in [1.54, 1.807) is 63.6 Å². The number of Topliss-reactive ketones (excluding diaryl/α,β-unsaturated/α-hetero) is 1.